The highest BCUT2D eigenvalue weighted by molar-refractivity contribution is 5.85. The van der Waals surface area contributed by atoms with Crippen molar-refractivity contribution in [1.29, 1.82) is 0 Å². The first kappa shape index (κ1) is 9.13. The van der Waals surface area contributed by atoms with Crippen molar-refractivity contribution in [3.05, 3.63) is 30.0 Å². The van der Waals surface area contributed by atoms with E-state index in [1.54, 1.807) is 6.07 Å². The third kappa shape index (κ3) is 1.27. The molecule has 74 valence electrons. The Hall–Kier alpha value is -1.44. The summed E-state index contributed by atoms with van der Waals surface area (Å²) in [6.45, 7) is 2.13. The molecule has 2 heteroatoms. The number of nitrogens with zero attached hydrogens (tertiary/aromatic N) is 1. The molecule has 1 N–H and O–H groups in total. The molecule has 2 nitrogen and oxygen atoms in total. The summed E-state index contributed by atoms with van der Waals surface area (Å²) in [4.78, 5) is 0. The fraction of sp³-hybridized carbons (Fsp3) is 0.333. The first-order valence-electron chi connectivity index (χ1n) is 5.00. The summed E-state index contributed by atoms with van der Waals surface area (Å²) in [5.41, 5.74) is 2.26. The van der Waals surface area contributed by atoms with Crippen LogP contribution in [0.25, 0.3) is 10.9 Å². The van der Waals surface area contributed by atoms with E-state index in [4.69, 9.17) is 0 Å². The van der Waals surface area contributed by atoms with Crippen LogP contribution in [-0.4, -0.2) is 9.67 Å². The predicted octanol–water partition coefficient (Wildman–Crippen LogP) is 2.84. The number of aromatic hydroxyl groups is 1. The van der Waals surface area contributed by atoms with Crippen molar-refractivity contribution in [2.75, 3.05) is 0 Å². The lowest BCUT2D eigenvalue weighted by atomic mass is 10.0. The lowest BCUT2D eigenvalue weighted by Crippen LogP contribution is -1.88. The van der Waals surface area contributed by atoms with Gasteiger partial charge in [-0.25, -0.2) is 0 Å². The first-order valence-corrected chi connectivity index (χ1v) is 5.00. The van der Waals surface area contributed by atoms with Crippen molar-refractivity contribution < 1.29 is 5.11 Å². The average Bonchev–Trinajstić information content (AvgIpc) is 2.53. The molecule has 0 radical (unpaired) electrons. The zero-order valence-electron chi connectivity index (χ0n) is 8.62. The molecule has 0 spiro atoms. The molecule has 0 unspecified atom stereocenters. The Labute approximate surface area is 83.8 Å². The molecule has 0 bridgehead atoms. The van der Waals surface area contributed by atoms with Crippen molar-refractivity contribution in [1.82, 2.24) is 4.57 Å². The van der Waals surface area contributed by atoms with Crippen molar-refractivity contribution >= 4 is 10.9 Å². The van der Waals surface area contributed by atoms with Gasteiger partial charge in [-0.1, -0.05) is 13.3 Å². The van der Waals surface area contributed by atoms with Gasteiger partial charge in [0, 0.05) is 29.7 Å². The number of phenolic OH excluding ortho intramolecular Hbond substituents is 1. The predicted molar refractivity (Wildman–Crippen MR) is 58.6 cm³/mol. The molecule has 0 aliphatic carbocycles. The van der Waals surface area contributed by atoms with Crippen molar-refractivity contribution in [3.63, 3.8) is 0 Å². The third-order valence-corrected chi connectivity index (χ3v) is 2.65. The van der Waals surface area contributed by atoms with Gasteiger partial charge in [-0.2, -0.15) is 0 Å². The van der Waals surface area contributed by atoms with E-state index in [9.17, 15) is 5.11 Å². The van der Waals surface area contributed by atoms with Crippen molar-refractivity contribution in [2.24, 2.45) is 7.05 Å². The van der Waals surface area contributed by atoms with E-state index in [1.165, 1.54) is 10.9 Å². The fourth-order valence-electron chi connectivity index (χ4n) is 1.91. The highest BCUT2D eigenvalue weighted by Gasteiger charge is 2.07. The molecule has 1 aromatic heterocycles. The molecule has 0 aliphatic rings. The summed E-state index contributed by atoms with van der Waals surface area (Å²) in [5, 5.41) is 10.9. The summed E-state index contributed by atoms with van der Waals surface area (Å²) in [7, 11) is 2.02. The summed E-state index contributed by atoms with van der Waals surface area (Å²) in [5.74, 6) is 0.422. The van der Waals surface area contributed by atoms with Crippen LogP contribution >= 0.6 is 0 Å². The van der Waals surface area contributed by atoms with E-state index in [0.717, 1.165) is 18.4 Å². The van der Waals surface area contributed by atoms with Gasteiger partial charge in [0.2, 0.25) is 0 Å². The first-order chi connectivity index (χ1) is 6.74. The highest BCUT2D eigenvalue weighted by Crippen LogP contribution is 2.28. The lowest BCUT2D eigenvalue weighted by molar-refractivity contribution is 0.469. The smallest absolute Gasteiger partial charge is 0.119 e. The van der Waals surface area contributed by atoms with Gasteiger partial charge in [0.1, 0.15) is 5.75 Å². The van der Waals surface area contributed by atoms with E-state index in [1.807, 2.05) is 19.3 Å². The van der Waals surface area contributed by atoms with E-state index in [2.05, 4.69) is 17.6 Å². The van der Waals surface area contributed by atoms with Gasteiger partial charge < -0.3 is 9.67 Å². The molecule has 0 saturated heterocycles. The minimum absolute atomic E-state index is 0.422. The molecule has 1 aromatic carbocycles. The maximum Gasteiger partial charge on any atom is 0.119 e. The molecule has 14 heavy (non-hydrogen) atoms. The van der Waals surface area contributed by atoms with E-state index < -0.39 is 0 Å². The Kier molecular flexibility index (Phi) is 2.20. The van der Waals surface area contributed by atoms with Crippen LogP contribution in [0.5, 0.6) is 5.75 Å². The van der Waals surface area contributed by atoms with Crippen LogP contribution < -0.4 is 0 Å². The molecule has 0 fully saturated rings. The molecule has 2 rings (SSSR count). The number of rotatable bonds is 2. The number of aromatic nitrogens is 1. The minimum Gasteiger partial charge on any atom is -0.508 e. The molecule has 0 saturated carbocycles. The zero-order chi connectivity index (χ0) is 10.1. The quantitative estimate of drug-likeness (QED) is 0.772. The van der Waals surface area contributed by atoms with Gasteiger partial charge in [0.15, 0.2) is 0 Å². The van der Waals surface area contributed by atoms with Crippen molar-refractivity contribution in [2.45, 2.75) is 19.8 Å². The summed E-state index contributed by atoms with van der Waals surface area (Å²) in [6, 6.07) is 5.82. The summed E-state index contributed by atoms with van der Waals surface area (Å²) >= 11 is 0. The number of aryl methyl sites for hydroxylation is 2. The Morgan fingerprint density at radius 1 is 1.29 bits per heavy atom. The Morgan fingerprint density at radius 3 is 2.79 bits per heavy atom. The molecule has 0 aliphatic heterocycles. The van der Waals surface area contributed by atoms with Crippen LogP contribution in [0, 0.1) is 0 Å². The monoisotopic (exact) mass is 189 g/mol. The van der Waals surface area contributed by atoms with Crippen LogP contribution in [0.15, 0.2) is 24.4 Å². The standard InChI is InChI=1S/C12H15NO/c1-3-4-10-9-7-8-13(2)11(9)5-6-12(10)14/h5-8,14H,3-4H2,1-2H3. The van der Waals surface area contributed by atoms with Gasteiger partial charge >= 0.3 is 0 Å². The molecule has 1 heterocycles. The van der Waals surface area contributed by atoms with Gasteiger partial charge in [0.25, 0.3) is 0 Å². The van der Waals surface area contributed by atoms with Gasteiger partial charge in [-0.05, 0) is 24.6 Å². The van der Waals surface area contributed by atoms with E-state index in [0.29, 0.717) is 5.75 Å². The number of hydrogen-bond donors (Lipinski definition) is 1. The fourth-order valence-corrected chi connectivity index (χ4v) is 1.91. The SMILES string of the molecule is CCCc1c(O)ccc2c1ccn2C. The van der Waals surface area contributed by atoms with Crippen LogP contribution in [-0.2, 0) is 13.5 Å². The van der Waals surface area contributed by atoms with Gasteiger partial charge in [0.05, 0.1) is 0 Å². The van der Waals surface area contributed by atoms with E-state index in [-0.39, 0.29) is 0 Å². The highest BCUT2D eigenvalue weighted by atomic mass is 16.3. The Balaban J connectivity index is 2.70. The minimum atomic E-state index is 0.422. The maximum atomic E-state index is 9.74. The normalized spacial score (nSPS) is 11.0. The number of benzene rings is 1. The molecule has 0 amide bonds. The zero-order valence-corrected chi connectivity index (χ0v) is 8.62. The van der Waals surface area contributed by atoms with Gasteiger partial charge in [-0.15, -0.1) is 0 Å². The summed E-state index contributed by atoms with van der Waals surface area (Å²) < 4.78 is 2.08. The molecular formula is C12H15NO. The number of fused-ring (bicyclic) bond motifs is 1. The molecule has 2 aromatic rings. The second kappa shape index (κ2) is 3.37. The van der Waals surface area contributed by atoms with Crippen molar-refractivity contribution in [3.8, 4) is 5.75 Å². The number of hydrogen-bond acceptors (Lipinski definition) is 1. The average molecular weight is 189 g/mol. The second-order valence-corrected chi connectivity index (χ2v) is 3.67. The molecular weight excluding hydrogens is 174 g/mol. The lowest BCUT2D eigenvalue weighted by Gasteiger charge is -2.05. The van der Waals surface area contributed by atoms with Crippen LogP contribution in [0.1, 0.15) is 18.9 Å². The number of phenols is 1. The maximum absolute atomic E-state index is 9.74. The van der Waals surface area contributed by atoms with E-state index >= 15 is 0 Å². The Bertz CT molecular complexity index is 457. The largest absolute Gasteiger partial charge is 0.508 e. The van der Waals surface area contributed by atoms with Crippen LogP contribution in [0.2, 0.25) is 0 Å². The summed E-state index contributed by atoms with van der Waals surface area (Å²) in [6.07, 6.45) is 4.03. The topological polar surface area (TPSA) is 25.2 Å². The second-order valence-electron chi connectivity index (χ2n) is 3.67. The third-order valence-electron chi connectivity index (χ3n) is 2.65. The molecule has 0 atom stereocenters. The Morgan fingerprint density at radius 2 is 2.07 bits per heavy atom. The van der Waals surface area contributed by atoms with Crippen LogP contribution in [0.3, 0.4) is 0 Å². The van der Waals surface area contributed by atoms with Crippen LogP contribution in [0.4, 0.5) is 0 Å². The van der Waals surface area contributed by atoms with Gasteiger partial charge in [-0.3, -0.25) is 0 Å².